The van der Waals surface area contributed by atoms with E-state index in [0.717, 1.165) is 38.1 Å². The maximum Gasteiger partial charge on any atom is 0.304 e. The molecule has 1 amide bonds. The molecule has 1 atom stereocenters. The highest BCUT2D eigenvalue weighted by molar-refractivity contribution is 5.94. The van der Waals surface area contributed by atoms with Crippen LogP contribution in [0.4, 0.5) is 10.1 Å². The van der Waals surface area contributed by atoms with E-state index < -0.39 is 22.3 Å². The molecule has 1 aromatic rings. The summed E-state index contributed by atoms with van der Waals surface area (Å²) >= 11 is 0. The molecule has 6 nitrogen and oxygen atoms in total. The smallest absolute Gasteiger partial charge is 0.304 e. The van der Waals surface area contributed by atoms with Gasteiger partial charge in [0.2, 0.25) is 5.82 Å². The summed E-state index contributed by atoms with van der Waals surface area (Å²) in [5.41, 5.74) is -0.529. The first kappa shape index (κ1) is 15.4. The normalized spacial score (nSPS) is 18.7. The molecule has 1 aliphatic heterocycles. The van der Waals surface area contributed by atoms with Crippen LogP contribution >= 0.6 is 0 Å². The van der Waals surface area contributed by atoms with Crippen molar-refractivity contribution in [3.05, 3.63) is 39.7 Å². The number of halogens is 1. The second kappa shape index (κ2) is 6.62. The number of nitro groups is 1. The van der Waals surface area contributed by atoms with Crippen molar-refractivity contribution in [2.75, 3.05) is 19.6 Å². The molecule has 114 valence electrons. The fourth-order valence-corrected chi connectivity index (χ4v) is 2.65. The third-order valence-corrected chi connectivity index (χ3v) is 3.81. The predicted molar refractivity (Wildman–Crippen MR) is 75.7 cm³/mol. The maximum absolute atomic E-state index is 13.5. The molecule has 1 aromatic carbocycles. The van der Waals surface area contributed by atoms with Crippen LogP contribution in [-0.4, -0.2) is 41.4 Å². The number of likely N-dealkylation sites (tertiary alicyclic amines) is 1. The Morgan fingerprint density at radius 1 is 1.57 bits per heavy atom. The van der Waals surface area contributed by atoms with Gasteiger partial charge in [0.25, 0.3) is 5.91 Å². The number of rotatable bonds is 5. The minimum absolute atomic E-state index is 0.0964. The molecule has 1 saturated heterocycles. The first-order chi connectivity index (χ1) is 10.0. The van der Waals surface area contributed by atoms with Gasteiger partial charge >= 0.3 is 5.69 Å². The van der Waals surface area contributed by atoms with Gasteiger partial charge in [-0.3, -0.25) is 19.8 Å². The van der Waals surface area contributed by atoms with Gasteiger partial charge < -0.3 is 5.32 Å². The van der Waals surface area contributed by atoms with Crippen LogP contribution in [0.15, 0.2) is 18.2 Å². The molecule has 21 heavy (non-hydrogen) atoms. The largest absolute Gasteiger partial charge is 0.350 e. The number of hydrogen-bond acceptors (Lipinski definition) is 4. The lowest BCUT2D eigenvalue weighted by Gasteiger charge is -2.22. The molecule has 1 fully saturated rings. The average molecular weight is 295 g/mol. The quantitative estimate of drug-likeness (QED) is 0.665. The van der Waals surface area contributed by atoms with E-state index in [1.54, 1.807) is 0 Å². The third-order valence-electron chi connectivity index (χ3n) is 3.81. The van der Waals surface area contributed by atoms with E-state index >= 15 is 0 Å². The second-order valence-corrected chi connectivity index (χ2v) is 5.06. The zero-order valence-electron chi connectivity index (χ0n) is 11.8. The monoisotopic (exact) mass is 295 g/mol. The van der Waals surface area contributed by atoms with E-state index in [4.69, 9.17) is 0 Å². The number of nitro benzene ring substituents is 1. The number of carbonyl (C=O) groups excluding carboxylic acids is 1. The highest BCUT2D eigenvalue weighted by atomic mass is 19.1. The summed E-state index contributed by atoms with van der Waals surface area (Å²) < 4.78 is 13.5. The van der Waals surface area contributed by atoms with E-state index in [-0.39, 0.29) is 5.56 Å². The first-order valence-corrected chi connectivity index (χ1v) is 6.99. The molecule has 0 aromatic heterocycles. The maximum atomic E-state index is 13.5. The van der Waals surface area contributed by atoms with Crippen molar-refractivity contribution in [1.82, 2.24) is 10.2 Å². The molecule has 0 saturated carbocycles. The van der Waals surface area contributed by atoms with Crippen molar-refractivity contribution in [2.24, 2.45) is 0 Å². The van der Waals surface area contributed by atoms with Gasteiger partial charge in [0.15, 0.2) is 0 Å². The number of carbonyl (C=O) groups is 1. The Bertz CT molecular complexity index is 550. The second-order valence-electron chi connectivity index (χ2n) is 5.06. The summed E-state index contributed by atoms with van der Waals surface area (Å²) in [6, 6.07) is 3.49. The predicted octanol–water partition coefficient (Wildman–Crippen LogP) is 1.95. The molecule has 1 unspecified atom stereocenters. The number of hydrogen-bond donors (Lipinski definition) is 1. The summed E-state index contributed by atoms with van der Waals surface area (Å²) in [5.74, 6) is -1.41. The van der Waals surface area contributed by atoms with E-state index in [9.17, 15) is 19.3 Å². The SMILES string of the molecule is CCN1CCCC1CNC(=O)c1ccc([N+](=O)[O-])c(F)c1. The summed E-state index contributed by atoms with van der Waals surface area (Å²) in [4.78, 5) is 24.0. The molecule has 7 heteroatoms. The highest BCUT2D eigenvalue weighted by Crippen LogP contribution is 2.18. The average Bonchev–Trinajstić information content (AvgIpc) is 2.91. The zero-order valence-corrected chi connectivity index (χ0v) is 11.8. The lowest BCUT2D eigenvalue weighted by atomic mass is 10.1. The van der Waals surface area contributed by atoms with Gasteiger partial charge in [0.05, 0.1) is 4.92 Å². The third kappa shape index (κ3) is 3.55. The molecular formula is C14H18FN3O3. The number of nitrogens with zero attached hydrogens (tertiary/aromatic N) is 2. The Morgan fingerprint density at radius 2 is 2.33 bits per heavy atom. The summed E-state index contributed by atoms with van der Waals surface area (Å²) in [6.07, 6.45) is 2.14. The molecule has 1 aliphatic rings. The van der Waals surface area contributed by atoms with Crippen LogP contribution in [0.2, 0.25) is 0 Å². The highest BCUT2D eigenvalue weighted by Gasteiger charge is 2.23. The Hall–Kier alpha value is -2.02. The van der Waals surface area contributed by atoms with Crippen LogP contribution in [0.3, 0.4) is 0 Å². The molecule has 2 rings (SSSR count). The fraction of sp³-hybridized carbons (Fsp3) is 0.500. The van der Waals surface area contributed by atoms with Crippen molar-refractivity contribution in [1.29, 1.82) is 0 Å². The Labute approximate surface area is 122 Å². The Balaban J connectivity index is 1.97. The van der Waals surface area contributed by atoms with Crippen LogP contribution in [0.5, 0.6) is 0 Å². The van der Waals surface area contributed by atoms with Crippen molar-refractivity contribution in [3.8, 4) is 0 Å². The molecule has 1 heterocycles. The van der Waals surface area contributed by atoms with E-state index in [1.165, 1.54) is 6.07 Å². The van der Waals surface area contributed by atoms with Crippen LogP contribution in [0, 0.1) is 15.9 Å². The Morgan fingerprint density at radius 3 is 2.95 bits per heavy atom. The van der Waals surface area contributed by atoms with Crippen LogP contribution in [-0.2, 0) is 0 Å². The van der Waals surface area contributed by atoms with Gasteiger partial charge in [-0.05, 0) is 38.1 Å². The van der Waals surface area contributed by atoms with Crippen molar-refractivity contribution < 1.29 is 14.1 Å². The fourth-order valence-electron chi connectivity index (χ4n) is 2.65. The van der Waals surface area contributed by atoms with E-state index in [2.05, 4.69) is 17.1 Å². The summed E-state index contributed by atoms with van der Waals surface area (Å²) in [5, 5.41) is 13.3. The van der Waals surface area contributed by atoms with E-state index in [0.29, 0.717) is 12.6 Å². The lowest BCUT2D eigenvalue weighted by Crippen LogP contribution is -2.40. The minimum Gasteiger partial charge on any atom is -0.350 e. The number of likely N-dealkylation sites (N-methyl/N-ethyl adjacent to an activating group) is 1. The number of nitrogens with one attached hydrogen (secondary N) is 1. The van der Waals surface area contributed by atoms with Gasteiger partial charge in [0.1, 0.15) is 0 Å². The van der Waals surface area contributed by atoms with E-state index in [1.807, 2.05) is 0 Å². The standard InChI is InChI=1S/C14H18FN3O3/c1-2-17-7-3-4-11(17)9-16-14(19)10-5-6-13(18(20)21)12(15)8-10/h5-6,8,11H,2-4,7,9H2,1H3,(H,16,19). The van der Waals surface area contributed by atoms with Crippen molar-refractivity contribution in [2.45, 2.75) is 25.8 Å². The number of benzene rings is 1. The molecular weight excluding hydrogens is 277 g/mol. The topological polar surface area (TPSA) is 75.5 Å². The molecule has 0 spiro atoms. The van der Waals surface area contributed by atoms with Crippen molar-refractivity contribution in [3.63, 3.8) is 0 Å². The first-order valence-electron chi connectivity index (χ1n) is 6.99. The lowest BCUT2D eigenvalue weighted by molar-refractivity contribution is -0.387. The summed E-state index contributed by atoms with van der Waals surface area (Å²) in [7, 11) is 0. The van der Waals surface area contributed by atoms with Gasteiger partial charge in [-0.2, -0.15) is 4.39 Å². The van der Waals surface area contributed by atoms with Crippen LogP contribution < -0.4 is 5.32 Å². The van der Waals surface area contributed by atoms with Crippen molar-refractivity contribution >= 4 is 11.6 Å². The van der Waals surface area contributed by atoms with Gasteiger partial charge in [0, 0.05) is 24.2 Å². The molecule has 0 bridgehead atoms. The molecule has 1 N–H and O–H groups in total. The minimum atomic E-state index is -0.997. The van der Waals surface area contributed by atoms with Gasteiger partial charge in [-0.25, -0.2) is 0 Å². The Kier molecular flexibility index (Phi) is 4.85. The van der Waals surface area contributed by atoms with Crippen LogP contribution in [0.1, 0.15) is 30.1 Å². The van der Waals surface area contributed by atoms with Crippen LogP contribution in [0.25, 0.3) is 0 Å². The van der Waals surface area contributed by atoms with Gasteiger partial charge in [-0.1, -0.05) is 6.92 Å². The molecule has 0 radical (unpaired) electrons. The zero-order chi connectivity index (χ0) is 15.4. The summed E-state index contributed by atoms with van der Waals surface area (Å²) in [6.45, 7) is 4.55. The number of amides is 1. The molecule has 0 aliphatic carbocycles. The van der Waals surface area contributed by atoms with Gasteiger partial charge in [-0.15, -0.1) is 0 Å².